The maximum absolute atomic E-state index is 12.2. The van der Waals surface area contributed by atoms with Crippen LogP contribution in [0.3, 0.4) is 0 Å². The highest BCUT2D eigenvalue weighted by atomic mass is 32.2. The molecule has 0 aliphatic heterocycles. The van der Waals surface area contributed by atoms with Gasteiger partial charge in [0.15, 0.2) is 0 Å². The molecule has 18 heavy (non-hydrogen) atoms. The fourth-order valence-corrected chi connectivity index (χ4v) is 3.25. The average molecular weight is 269 g/mol. The lowest BCUT2D eigenvalue weighted by Gasteiger charge is -2.13. The summed E-state index contributed by atoms with van der Waals surface area (Å²) in [5.74, 6) is 1.08. The molecule has 6 heteroatoms. The highest BCUT2D eigenvalue weighted by Crippen LogP contribution is 2.36. The summed E-state index contributed by atoms with van der Waals surface area (Å²) in [4.78, 5) is 4.08. The number of nitrogens with zero attached hydrogens (tertiary/aromatic N) is 1. The molecular weight excluding hydrogens is 250 g/mol. The third kappa shape index (κ3) is 3.00. The average Bonchev–Trinajstić information content (AvgIpc) is 3.20. The lowest BCUT2D eigenvalue weighted by molar-refractivity contribution is 0.492. The number of hydrogen-bond donors (Lipinski definition) is 2. The van der Waals surface area contributed by atoms with Gasteiger partial charge in [0.2, 0.25) is 10.0 Å². The fraction of sp³-hybridized carbons (Fsp3) is 0.583. The number of aromatic nitrogens is 1. The van der Waals surface area contributed by atoms with Gasteiger partial charge in [-0.1, -0.05) is 6.92 Å². The van der Waals surface area contributed by atoms with E-state index in [2.05, 4.69) is 21.9 Å². The van der Waals surface area contributed by atoms with Crippen LogP contribution in [-0.2, 0) is 10.0 Å². The van der Waals surface area contributed by atoms with E-state index in [1.165, 1.54) is 19.0 Å². The zero-order valence-electron chi connectivity index (χ0n) is 10.7. The van der Waals surface area contributed by atoms with Gasteiger partial charge in [-0.3, -0.25) is 4.98 Å². The highest BCUT2D eigenvalue weighted by molar-refractivity contribution is 7.89. The van der Waals surface area contributed by atoms with Crippen LogP contribution in [0.2, 0.25) is 0 Å². The van der Waals surface area contributed by atoms with Gasteiger partial charge in [-0.25, -0.2) is 13.1 Å². The summed E-state index contributed by atoms with van der Waals surface area (Å²) in [6, 6.07) is 1.65. The topological polar surface area (TPSA) is 71.1 Å². The summed E-state index contributed by atoms with van der Waals surface area (Å²) >= 11 is 0. The normalized spacial score (nSPS) is 17.4. The number of nitrogens with one attached hydrogen (secondary N) is 2. The predicted octanol–water partition coefficient (Wildman–Crippen LogP) is 1.45. The molecule has 1 aromatic rings. The van der Waals surface area contributed by atoms with Crippen molar-refractivity contribution in [3.63, 3.8) is 0 Å². The molecule has 1 saturated carbocycles. The van der Waals surface area contributed by atoms with Gasteiger partial charge in [-0.05, 0) is 30.7 Å². The molecule has 1 unspecified atom stereocenters. The van der Waals surface area contributed by atoms with Crippen molar-refractivity contribution in [2.24, 2.45) is 11.8 Å². The van der Waals surface area contributed by atoms with Crippen LogP contribution in [0.4, 0.5) is 5.69 Å². The fourth-order valence-electron chi connectivity index (χ4n) is 1.95. The zero-order chi connectivity index (χ0) is 13.2. The summed E-state index contributed by atoms with van der Waals surface area (Å²) < 4.78 is 27.0. The Hall–Kier alpha value is -1.14. The number of hydrogen-bond acceptors (Lipinski definition) is 4. The molecule has 0 aromatic carbocycles. The molecule has 1 aliphatic rings. The van der Waals surface area contributed by atoms with E-state index >= 15 is 0 Å². The number of anilines is 1. The van der Waals surface area contributed by atoms with Crippen molar-refractivity contribution in [1.29, 1.82) is 0 Å². The first-order chi connectivity index (χ1) is 8.54. The number of rotatable bonds is 6. The van der Waals surface area contributed by atoms with E-state index in [1.807, 2.05) is 0 Å². The maximum atomic E-state index is 12.2. The Balaban J connectivity index is 2.09. The van der Waals surface area contributed by atoms with Crippen molar-refractivity contribution in [3.8, 4) is 0 Å². The number of sulfonamides is 1. The van der Waals surface area contributed by atoms with E-state index in [0.717, 1.165) is 0 Å². The lowest BCUT2D eigenvalue weighted by Crippen LogP contribution is -2.29. The predicted molar refractivity (Wildman–Crippen MR) is 70.9 cm³/mol. The molecule has 1 aliphatic carbocycles. The summed E-state index contributed by atoms with van der Waals surface area (Å²) in [5.41, 5.74) is 0.566. The van der Waals surface area contributed by atoms with E-state index in [1.54, 1.807) is 19.3 Å². The second kappa shape index (κ2) is 5.24. The van der Waals surface area contributed by atoms with Crippen molar-refractivity contribution in [2.75, 3.05) is 18.9 Å². The molecule has 100 valence electrons. The van der Waals surface area contributed by atoms with E-state index in [9.17, 15) is 8.42 Å². The van der Waals surface area contributed by atoms with Crippen molar-refractivity contribution in [1.82, 2.24) is 9.71 Å². The van der Waals surface area contributed by atoms with Gasteiger partial charge in [0.1, 0.15) is 4.90 Å². The first-order valence-electron chi connectivity index (χ1n) is 6.16. The molecule has 1 atom stereocenters. The molecule has 2 N–H and O–H groups in total. The van der Waals surface area contributed by atoms with Crippen LogP contribution in [0, 0.1) is 11.8 Å². The second-order valence-corrected chi connectivity index (χ2v) is 6.52. The van der Waals surface area contributed by atoms with E-state index < -0.39 is 10.0 Å². The Labute approximate surface area is 108 Å². The molecule has 1 fully saturated rings. The van der Waals surface area contributed by atoms with Gasteiger partial charge in [0.25, 0.3) is 0 Å². The van der Waals surface area contributed by atoms with Crippen molar-refractivity contribution in [2.45, 2.75) is 24.7 Å². The van der Waals surface area contributed by atoms with Crippen LogP contribution in [0.15, 0.2) is 23.4 Å². The SMILES string of the molecule is CNc1ccncc1S(=O)(=O)NCC(C)C1CC1. The minimum Gasteiger partial charge on any atom is -0.387 e. The minimum absolute atomic E-state index is 0.204. The Morgan fingerprint density at radius 3 is 2.83 bits per heavy atom. The van der Waals surface area contributed by atoms with Crippen LogP contribution in [0.25, 0.3) is 0 Å². The van der Waals surface area contributed by atoms with E-state index in [4.69, 9.17) is 0 Å². The first kappa shape index (κ1) is 13.3. The molecule has 0 bridgehead atoms. The maximum Gasteiger partial charge on any atom is 0.244 e. The van der Waals surface area contributed by atoms with Gasteiger partial charge >= 0.3 is 0 Å². The molecule has 0 spiro atoms. The van der Waals surface area contributed by atoms with Crippen molar-refractivity contribution >= 4 is 15.7 Å². The third-order valence-electron chi connectivity index (χ3n) is 3.37. The molecular formula is C12H19N3O2S. The van der Waals surface area contributed by atoms with Gasteiger partial charge < -0.3 is 5.32 Å². The molecule has 1 aromatic heterocycles. The van der Waals surface area contributed by atoms with Crippen LogP contribution < -0.4 is 10.0 Å². The molecule has 0 amide bonds. The quantitative estimate of drug-likeness (QED) is 0.820. The zero-order valence-corrected chi connectivity index (χ0v) is 11.5. The molecule has 1 heterocycles. The third-order valence-corrected chi connectivity index (χ3v) is 4.82. The summed E-state index contributed by atoms with van der Waals surface area (Å²) in [6.07, 6.45) is 5.38. The summed E-state index contributed by atoms with van der Waals surface area (Å²) in [7, 11) is -1.78. The van der Waals surface area contributed by atoms with Gasteiger partial charge in [-0.15, -0.1) is 0 Å². The van der Waals surface area contributed by atoms with E-state index in [0.29, 0.717) is 24.1 Å². The first-order valence-corrected chi connectivity index (χ1v) is 7.64. The molecule has 0 saturated heterocycles. The second-order valence-electron chi connectivity index (χ2n) is 4.79. The minimum atomic E-state index is -3.48. The van der Waals surface area contributed by atoms with Crippen LogP contribution in [-0.4, -0.2) is 27.0 Å². The van der Waals surface area contributed by atoms with Crippen LogP contribution >= 0.6 is 0 Å². The van der Waals surface area contributed by atoms with Gasteiger partial charge in [0, 0.05) is 26.0 Å². The van der Waals surface area contributed by atoms with E-state index in [-0.39, 0.29) is 4.90 Å². The molecule has 0 radical (unpaired) electrons. The Morgan fingerprint density at radius 1 is 1.50 bits per heavy atom. The van der Waals surface area contributed by atoms with Crippen molar-refractivity contribution in [3.05, 3.63) is 18.5 Å². The Morgan fingerprint density at radius 2 is 2.22 bits per heavy atom. The van der Waals surface area contributed by atoms with Crippen LogP contribution in [0.5, 0.6) is 0 Å². The standard InChI is InChI=1S/C12H19N3O2S/c1-9(10-3-4-10)7-15-18(16,17)12-8-14-6-5-11(12)13-2/h5-6,8-10,15H,3-4,7H2,1-2H3,(H,13,14). The summed E-state index contributed by atoms with van der Waals surface area (Å²) in [6.45, 7) is 2.58. The molecule has 2 rings (SSSR count). The smallest absolute Gasteiger partial charge is 0.244 e. The monoisotopic (exact) mass is 269 g/mol. The van der Waals surface area contributed by atoms with Gasteiger partial charge in [0.05, 0.1) is 5.69 Å². The Kier molecular flexibility index (Phi) is 3.87. The van der Waals surface area contributed by atoms with Crippen LogP contribution in [0.1, 0.15) is 19.8 Å². The number of pyridine rings is 1. The lowest BCUT2D eigenvalue weighted by atomic mass is 10.1. The van der Waals surface area contributed by atoms with Crippen molar-refractivity contribution < 1.29 is 8.42 Å². The van der Waals surface area contributed by atoms with Gasteiger partial charge in [-0.2, -0.15) is 0 Å². The Bertz CT molecular complexity index is 512. The largest absolute Gasteiger partial charge is 0.387 e. The molecule has 5 nitrogen and oxygen atoms in total. The summed E-state index contributed by atoms with van der Waals surface area (Å²) in [5, 5.41) is 2.87. The highest BCUT2D eigenvalue weighted by Gasteiger charge is 2.29.